The second-order valence-electron chi connectivity index (χ2n) is 12.2. The number of fused-ring (bicyclic) bond motifs is 4. The number of benzene rings is 5. The molecule has 250 valence electrons. The highest BCUT2D eigenvalue weighted by Crippen LogP contribution is 2.43. The van der Waals surface area contributed by atoms with Crippen LogP contribution >= 0.6 is 27.3 Å². The minimum absolute atomic E-state index is 0.106. The Morgan fingerprint density at radius 3 is 2.48 bits per heavy atom. The first-order valence-corrected chi connectivity index (χ1v) is 17.9. The molecule has 0 bridgehead atoms. The van der Waals surface area contributed by atoms with Crippen molar-refractivity contribution in [3.8, 4) is 23.0 Å². The number of hydrogen-bond acceptors (Lipinski definition) is 7. The molecule has 0 amide bonds. The molecule has 2 heterocycles. The van der Waals surface area contributed by atoms with Gasteiger partial charge in [-0.3, -0.25) is 9.36 Å². The van der Waals surface area contributed by atoms with Crippen LogP contribution in [-0.2, 0) is 13.0 Å². The molecule has 5 aromatic carbocycles. The zero-order valence-electron chi connectivity index (χ0n) is 27.7. The number of rotatable bonds is 8. The lowest BCUT2D eigenvalue weighted by atomic mass is 9.83. The van der Waals surface area contributed by atoms with Crippen LogP contribution in [-0.4, -0.2) is 25.9 Å². The van der Waals surface area contributed by atoms with Crippen molar-refractivity contribution in [1.29, 1.82) is 0 Å². The molecular weight excluding hydrogens is 712 g/mol. The van der Waals surface area contributed by atoms with Gasteiger partial charge in [0.2, 0.25) is 0 Å². The monoisotopic (exact) mass is 744 g/mol. The van der Waals surface area contributed by atoms with Gasteiger partial charge in [-0.1, -0.05) is 84.1 Å². The van der Waals surface area contributed by atoms with E-state index in [1.165, 1.54) is 16.9 Å². The van der Waals surface area contributed by atoms with Crippen molar-refractivity contribution in [2.45, 2.75) is 25.5 Å². The first-order chi connectivity index (χ1) is 24.5. The number of methoxy groups -OCH3 is 3. The van der Waals surface area contributed by atoms with E-state index in [9.17, 15) is 4.79 Å². The molecular formula is C41H33BrN2O5S. The van der Waals surface area contributed by atoms with Gasteiger partial charge in [0.05, 0.1) is 42.1 Å². The summed E-state index contributed by atoms with van der Waals surface area (Å²) in [6.45, 7) is 0.373. The molecule has 50 heavy (non-hydrogen) atoms. The quantitative estimate of drug-likeness (QED) is 0.159. The maximum Gasteiger partial charge on any atom is 0.271 e. The van der Waals surface area contributed by atoms with Gasteiger partial charge in [0.25, 0.3) is 5.56 Å². The van der Waals surface area contributed by atoms with E-state index < -0.39 is 0 Å². The molecule has 0 N–H and O–H groups in total. The van der Waals surface area contributed by atoms with Gasteiger partial charge >= 0.3 is 0 Å². The van der Waals surface area contributed by atoms with Gasteiger partial charge in [-0.25, -0.2) is 4.99 Å². The predicted octanol–water partition coefficient (Wildman–Crippen LogP) is 7.84. The SMILES string of the molecule is COc1ccc([C@H]2C3=C(N=c4s/c(=C\c5cc(Br)c(OCc6cccc7ccccc67)c(OC)c5)c(=O)n42)c2ccccc2CC3)cc1OC. The van der Waals surface area contributed by atoms with Crippen molar-refractivity contribution in [3.05, 3.63) is 155 Å². The van der Waals surface area contributed by atoms with Crippen LogP contribution in [0.25, 0.3) is 22.5 Å². The lowest BCUT2D eigenvalue weighted by molar-refractivity contribution is 0.283. The molecule has 1 aliphatic carbocycles. The summed E-state index contributed by atoms with van der Waals surface area (Å²) in [5.41, 5.74) is 7.15. The Morgan fingerprint density at radius 2 is 1.64 bits per heavy atom. The molecule has 0 saturated carbocycles. The zero-order valence-corrected chi connectivity index (χ0v) is 30.1. The molecule has 2 aliphatic rings. The van der Waals surface area contributed by atoms with Crippen molar-refractivity contribution in [2.75, 3.05) is 21.3 Å². The third-order valence-electron chi connectivity index (χ3n) is 9.40. The van der Waals surface area contributed by atoms with Gasteiger partial charge in [0, 0.05) is 5.56 Å². The van der Waals surface area contributed by atoms with E-state index >= 15 is 0 Å². The van der Waals surface area contributed by atoms with E-state index in [4.69, 9.17) is 23.9 Å². The van der Waals surface area contributed by atoms with Crippen molar-refractivity contribution in [2.24, 2.45) is 4.99 Å². The van der Waals surface area contributed by atoms with Gasteiger partial charge in [-0.15, -0.1) is 0 Å². The number of thiazole rings is 1. The van der Waals surface area contributed by atoms with Crippen LogP contribution in [0.3, 0.4) is 0 Å². The molecule has 1 aliphatic heterocycles. The van der Waals surface area contributed by atoms with E-state index in [-0.39, 0.29) is 11.6 Å². The Hall–Kier alpha value is -5.12. The summed E-state index contributed by atoms with van der Waals surface area (Å²) >= 11 is 5.11. The van der Waals surface area contributed by atoms with Gasteiger partial charge in [0.1, 0.15) is 6.61 Å². The molecule has 0 fully saturated rings. The first kappa shape index (κ1) is 32.1. The molecule has 0 saturated heterocycles. The number of nitrogens with zero attached hydrogens (tertiary/aromatic N) is 2. The highest BCUT2D eigenvalue weighted by molar-refractivity contribution is 9.10. The van der Waals surface area contributed by atoms with Crippen LogP contribution in [0.15, 0.2) is 117 Å². The Balaban J connectivity index is 1.22. The summed E-state index contributed by atoms with van der Waals surface area (Å²) in [6.07, 6.45) is 3.57. The fraction of sp³-hybridized carbons (Fsp3) is 0.171. The van der Waals surface area contributed by atoms with Crippen molar-refractivity contribution in [1.82, 2.24) is 4.57 Å². The fourth-order valence-corrected chi connectivity index (χ4v) is 8.60. The van der Waals surface area contributed by atoms with Gasteiger partial charge in [-0.2, -0.15) is 0 Å². The summed E-state index contributed by atoms with van der Waals surface area (Å²) in [4.78, 5) is 20.2. The van der Waals surface area contributed by atoms with Crippen molar-refractivity contribution < 1.29 is 18.9 Å². The zero-order chi connectivity index (χ0) is 34.4. The van der Waals surface area contributed by atoms with Crippen molar-refractivity contribution in [3.63, 3.8) is 0 Å². The predicted molar refractivity (Wildman–Crippen MR) is 201 cm³/mol. The van der Waals surface area contributed by atoms with Crippen LogP contribution in [0.5, 0.6) is 23.0 Å². The average Bonchev–Trinajstić information content (AvgIpc) is 3.46. The van der Waals surface area contributed by atoms with Gasteiger partial charge < -0.3 is 18.9 Å². The van der Waals surface area contributed by atoms with E-state index in [0.29, 0.717) is 38.9 Å². The maximum atomic E-state index is 14.4. The number of halogens is 1. The van der Waals surface area contributed by atoms with Crippen molar-refractivity contribution >= 4 is 49.8 Å². The Kier molecular flexibility index (Phi) is 8.54. The Bertz CT molecular complexity index is 2510. The van der Waals surface area contributed by atoms with Gasteiger partial charge in [-0.05, 0) is 97.7 Å². The van der Waals surface area contributed by atoms with Crippen LogP contribution in [0.4, 0.5) is 0 Å². The second kappa shape index (κ2) is 13.3. The van der Waals surface area contributed by atoms with Crippen LogP contribution in [0, 0.1) is 0 Å². The molecule has 0 spiro atoms. The highest BCUT2D eigenvalue weighted by Gasteiger charge is 2.33. The summed E-state index contributed by atoms with van der Waals surface area (Å²) in [5.74, 6) is 2.41. The largest absolute Gasteiger partial charge is 0.493 e. The number of ether oxygens (including phenoxy) is 4. The van der Waals surface area contributed by atoms with E-state index in [2.05, 4.69) is 58.4 Å². The number of hydrogen-bond donors (Lipinski definition) is 0. The van der Waals surface area contributed by atoms with E-state index in [1.54, 1.807) is 21.3 Å². The average molecular weight is 746 g/mol. The van der Waals surface area contributed by atoms with E-state index in [0.717, 1.165) is 61.6 Å². The maximum absolute atomic E-state index is 14.4. The molecule has 7 nitrogen and oxygen atoms in total. The van der Waals surface area contributed by atoms with Crippen LogP contribution < -0.4 is 33.8 Å². The molecule has 1 atom stereocenters. The lowest BCUT2D eigenvalue weighted by Gasteiger charge is -2.31. The minimum atomic E-state index is -0.345. The topological polar surface area (TPSA) is 71.3 Å². The molecule has 0 radical (unpaired) electrons. The summed E-state index contributed by atoms with van der Waals surface area (Å²) in [5, 5.41) is 2.31. The normalized spacial score (nSPS) is 15.2. The smallest absolute Gasteiger partial charge is 0.271 e. The Morgan fingerprint density at radius 1 is 0.860 bits per heavy atom. The standard InChI is InChI=1S/C41H33BrN2O5S/c1-46-33-18-16-27(22-34(33)47-2)38-31-17-15-26-10-5-7-14-30(26)37(31)43-41-44(38)40(45)36(50-41)21-24-19-32(42)39(35(20-24)48-3)49-23-28-12-8-11-25-9-4-6-13-29(25)28/h4-14,16,18-22,38H,15,17,23H2,1-3H3/b36-21-/t38-/m0/s1. The number of aromatic nitrogens is 1. The Labute approximate surface area is 301 Å². The summed E-state index contributed by atoms with van der Waals surface area (Å²) in [6, 6.07) is 32.3. The molecule has 0 unspecified atom stereocenters. The first-order valence-electron chi connectivity index (χ1n) is 16.3. The third-order valence-corrected chi connectivity index (χ3v) is 11.0. The molecule has 1 aromatic heterocycles. The van der Waals surface area contributed by atoms with E-state index in [1.807, 2.05) is 65.2 Å². The second-order valence-corrected chi connectivity index (χ2v) is 14.1. The lowest BCUT2D eigenvalue weighted by Crippen LogP contribution is -2.38. The molecule has 6 aromatic rings. The van der Waals surface area contributed by atoms with Gasteiger partial charge in [0.15, 0.2) is 27.8 Å². The number of allylic oxidation sites excluding steroid dienone is 1. The minimum Gasteiger partial charge on any atom is -0.493 e. The molecule has 8 rings (SSSR count). The summed E-state index contributed by atoms with van der Waals surface area (Å²) in [7, 11) is 4.87. The third kappa shape index (κ3) is 5.60. The summed E-state index contributed by atoms with van der Waals surface area (Å²) < 4.78 is 26.5. The molecule has 9 heteroatoms. The fourth-order valence-electron chi connectivity index (χ4n) is 7.03. The highest BCUT2D eigenvalue weighted by atomic mass is 79.9. The van der Waals surface area contributed by atoms with Crippen LogP contribution in [0.2, 0.25) is 0 Å². The van der Waals surface area contributed by atoms with Crippen LogP contribution in [0.1, 0.15) is 40.3 Å². The number of aryl methyl sites for hydroxylation is 1.